The van der Waals surface area contributed by atoms with E-state index in [9.17, 15) is 23.6 Å². The molecule has 0 bridgehead atoms. The van der Waals surface area contributed by atoms with Crippen LogP contribution in [0.15, 0.2) is 47.3 Å². The molecule has 2 aliphatic rings. The third kappa shape index (κ3) is 14.5. The van der Waals surface area contributed by atoms with Crippen LogP contribution in [0, 0.1) is 0 Å². The standard InChI is InChI=1S/C49H66BrFN8O4/c1-3-4-5-6-7-8-9-10-11-12-13-14-15-16-17-18-19-20-45(61)54-31-44-52-29-37(30-53-44)36-23-25-41-40(27-36)47(34(2)60)57-59(41)33-46(62)58-32-38(51)28-42(58)49(63)56-48-39(35-21-22-35)24-26-43(50)55-48/h23-27,29-30,35,38,42H,3-22,28,31-33H2,1-2H3,(H,54,61)(H,55,56,63)/t38-,42+/m1/s1. The molecule has 4 heterocycles. The van der Waals surface area contributed by atoms with Crippen LogP contribution in [0.2, 0.25) is 0 Å². The Morgan fingerprint density at radius 1 is 0.810 bits per heavy atom. The van der Waals surface area contributed by atoms with E-state index in [4.69, 9.17) is 0 Å². The number of benzene rings is 1. The molecular weight excluding hydrogens is 863 g/mol. The molecule has 0 spiro atoms. The van der Waals surface area contributed by atoms with E-state index < -0.39 is 24.0 Å². The van der Waals surface area contributed by atoms with Crippen molar-refractivity contribution in [1.29, 1.82) is 0 Å². The summed E-state index contributed by atoms with van der Waals surface area (Å²) in [5.41, 5.74) is 3.11. The van der Waals surface area contributed by atoms with Gasteiger partial charge in [-0.15, -0.1) is 0 Å². The van der Waals surface area contributed by atoms with E-state index >= 15 is 0 Å². The number of hydrogen-bond donors (Lipinski definition) is 2. The van der Waals surface area contributed by atoms with Gasteiger partial charge in [-0.25, -0.2) is 19.3 Å². The Labute approximate surface area is 380 Å². The SMILES string of the molecule is CCCCCCCCCCCCCCCCCCCC(=O)NCc1ncc(-c2ccc3c(c2)c(C(C)=O)nn3CC(=O)N2C[C@H](F)C[C@H]2C(=O)Nc2nc(Br)ccc2C2CC2)cn1. The van der Waals surface area contributed by atoms with Crippen LogP contribution < -0.4 is 10.6 Å². The van der Waals surface area contributed by atoms with Crippen LogP contribution in [0.5, 0.6) is 0 Å². The van der Waals surface area contributed by atoms with Gasteiger partial charge in [0.2, 0.25) is 17.7 Å². The van der Waals surface area contributed by atoms with Crippen LogP contribution in [0.1, 0.15) is 176 Å². The Kier molecular flexibility index (Phi) is 18.6. The van der Waals surface area contributed by atoms with E-state index in [0.29, 0.717) is 45.1 Å². The molecule has 1 aromatic carbocycles. The van der Waals surface area contributed by atoms with Gasteiger partial charge in [0.25, 0.3) is 0 Å². The monoisotopic (exact) mass is 928 g/mol. The van der Waals surface area contributed by atoms with Crippen molar-refractivity contribution in [1.82, 2.24) is 34.9 Å². The third-order valence-electron chi connectivity index (χ3n) is 12.4. The number of aromatic nitrogens is 5. The van der Waals surface area contributed by atoms with Gasteiger partial charge in [0.15, 0.2) is 5.78 Å². The minimum absolute atomic E-state index is 0.00489. The van der Waals surface area contributed by atoms with E-state index in [1.807, 2.05) is 24.3 Å². The number of halogens is 2. The summed E-state index contributed by atoms with van der Waals surface area (Å²) in [6.45, 7) is 3.41. The van der Waals surface area contributed by atoms with Crippen LogP contribution in [0.4, 0.5) is 10.2 Å². The summed E-state index contributed by atoms with van der Waals surface area (Å²) in [4.78, 5) is 67.2. The first-order chi connectivity index (χ1) is 30.6. The lowest BCUT2D eigenvalue weighted by Gasteiger charge is -2.24. The molecule has 1 saturated carbocycles. The van der Waals surface area contributed by atoms with Crippen molar-refractivity contribution >= 4 is 56.2 Å². The second-order valence-corrected chi connectivity index (χ2v) is 18.4. The van der Waals surface area contributed by atoms with Gasteiger partial charge in [0.1, 0.15) is 40.7 Å². The summed E-state index contributed by atoms with van der Waals surface area (Å²) in [5.74, 6) is -0.0344. The van der Waals surface area contributed by atoms with Crippen LogP contribution in [-0.4, -0.2) is 71.9 Å². The van der Waals surface area contributed by atoms with Crippen LogP contribution in [0.3, 0.4) is 0 Å². The molecule has 2 fully saturated rings. The maximum absolute atomic E-state index is 14.8. The van der Waals surface area contributed by atoms with Crippen molar-refractivity contribution in [3.8, 4) is 11.1 Å². The minimum Gasteiger partial charge on any atom is -0.349 e. The Bertz CT molecular complexity index is 2140. The molecule has 2 atom stereocenters. The quantitative estimate of drug-likeness (QED) is 0.0341. The molecule has 0 radical (unpaired) electrons. The van der Waals surface area contributed by atoms with E-state index in [0.717, 1.165) is 36.8 Å². The van der Waals surface area contributed by atoms with Crippen LogP contribution in [-0.2, 0) is 27.5 Å². The summed E-state index contributed by atoms with van der Waals surface area (Å²) in [5, 5.41) is 10.8. The van der Waals surface area contributed by atoms with Crippen molar-refractivity contribution in [2.24, 2.45) is 0 Å². The topological polar surface area (TPSA) is 152 Å². The number of ketones is 1. The van der Waals surface area contributed by atoms with Gasteiger partial charge in [-0.2, -0.15) is 5.10 Å². The number of rotatable bonds is 27. The zero-order valence-corrected chi connectivity index (χ0v) is 38.9. The summed E-state index contributed by atoms with van der Waals surface area (Å²) in [6.07, 6.45) is 26.5. The fourth-order valence-corrected chi connectivity index (χ4v) is 8.92. The molecule has 1 saturated heterocycles. The van der Waals surface area contributed by atoms with Gasteiger partial charge in [-0.3, -0.25) is 23.9 Å². The molecule has 340 valence electrons. The fourth-order valence-electron chi connectivity index (χ4n) is 8.61. The number of nitrogens with zero attached hydrogens (tertiary/aromatic N) is 6. The maximum atomic E-state index is 14.8. The molecule has 6 rings (SSSR count). The number of fused-ring (bicyclic) bond motifs is 1. The van der Waals surface area contributed by atoms with Crippen LogP contribution in [0.25, 0.3) is 22.0 Å². The van der Waals surface area contributed by atoms with Gasteiger partial charge < -0.3 is 15.5 Å². The normalized spacial score (nSPS) is 16.2. The Hall–Kier alpha value is -4.59. The predicted octanol–water partition coefficient (Wildman–Crippen LogP) is 11.0. The first-order valence-corrected chi connectivity index (χ1v) is 24.4. The number of unbranched alkanes of at least 4 members (excludes halogenated alkanes) is 16. The largest absolute Gasteiger partial charge is 0.349 e. The van der Waals surface area contributed by atoms with Gasteiger partial charge in [0.05, 0.1) is 18.6 Å². The number of hydrogen-bond acceptors (Lipinski definition) is 8. The second kappa shape index (κ2) is 24.5. The highest BCUT2D eigenvalue weighted by Gasteiger charge is 2.41. The average Bonchev–Trinajstić information content (AvgIpc) is 3.94. The second-order valence-electron chi connectivity index (χ2n) is 17.6. The highest BCUT2D eigenvalue weighted by molar-refractivity contribution is 9.10. The first kappa shape index (κ1) is 47.9. The Balaban J connectivity index is 0.924. The van der Waals surface area contributed by atoms with Crippen molar-refractivity contribution in [2.45, 2.75) is 180 Å². The van der Waals surface area contributed by atoms with Crippen molar-refractivity contribution in [3.05, 3.63) is 64.4 Å². The number of likely N-dealkylation sites (tertiary alicyclic amines) is 1. The lowest BCUT2D eigenvalue weighted by Crippen LogP contribution is -2.44. The zero-order valence-electron chi connectivity index (χ0n) is 37.3. The number of pyridine rings is 1. The number of alkyl halides is 1. The number of carbonyl (C=O) groups is 4. The molecule has 3 aromatic heterocycles. The molecule has 0 unspecified atom stereocenters. The van der Waals surface area contributed by atoms with Crippen molar-refractivity contribution in [2.75, 3.05) is 11.9 Å². The molecule has 2 N–H and O–H groups in total. The zero-order chi connectivity index (χ0) is 44.6. The fraction of sp³-hybridized carbons (Fsp3) is 0.592. The molecule has 1 aliphatic carbocycles. The van der Waals surface area contributed by atoms with Gasteiger partial charge in [-0.05, 0) is 70.4 Å². The maximum Gasteiger partial charge on any atom is 0.248 e. The average molecular weight is 930 g/mol. The Morgan fingerprint density at radius 2 is 1.43 bits per heavy atom. The summed E-state index contributed by atoms with van der Waals surface area (Å²) in [6, 6.07) is 8.15. The van der Waals surface area contributed by atoms with Crippen molar-refractivity contribution in [3.63, 3.8) is 0 Å². The molecular formula is C49H66BrFN8O4. The number of amides is 3. The highest BCUT2D eigenvalue weighted by atomic mass is 79.9. The first-order valence-electron chi connectivity index (χ1n) is 23.6. The smallest absolute Gasteiger partial charge is 0.248 e. The molecule has 63 heavy (non-hydrogen) atoms. The lowest BCUT2D eigenvalue weighted by atomic mass is 10.0. The number of nitrogens with one attached hydrogen (secondary N) is 2. The van der Waals surface area contributed by atoms with Gasteiger partial charge >= 0.3 is 0 Å². The van der Waals surface area contributed by atoms with E-state index in [1.165, 1.54) is 113 Å². The summed E-state index contributed by atoms with van der Waals surface area (Å²) >= 11 is 3.37. The van der Waals surface area contributed by atoms with Crippen molar-refractivity contribution < 1.29 is 23.6 Å². The molecule has 14 heteroatoms. The highest BCUT2D eigenvalue weighted by Crippen LogP contribution is 2.43. The van der Waals surface area contributed by atoms with E-state index in [-0.39, 0.29) is 43.4 Å². The van der Waals surface area contributed by atoms with E-state index in [2.05, 4.69) is 53.5 Å². The van der Waals surface area contributed by atoms with Gasteiger partial charge in [-0.1, -0.05) is 122 Å². The molecule has 1 aliphatic heterocycles. The van der Waals surface area contributed by atoms with Gasteiger partial charge in [0, 0.05) is 43.1 Å². The summed E-state index contributed by atoms with van der Waals surface area (Å²) < 4.78 is 16.8. The Morgan fingerprint density at radius 3 is 2.03 bits per heavy atom. The molecule has 3 amide bonds. The molecule has 4 aromatic rings. The summed E-state index contributed by atoms with van der Waals surface area (Å²) in [7, 11) is 0. The number of carbonyl (C=O) groups excluding carboxylic acids is 4. The predicted molar refractivity (Wildman–Crippen MR) is 249 cm³/mol. The molecule has 12 nitrogen and oxygen atoms in total. The number of Topliss-reactive ketones (excluding diaryl/α,β-unsaturated/α-hetero) is 1. The van der Waals surface area contributed by atoms with E-state index in [1.54, 1.807) is 18.5 Å². The van der Waals surface area contributed by atoms with Crippen LogP contribution >= 0.6 is 15.9 Å². The number of anilines is 1. The lowest BCUT2D eigenvalue weighted by molar-refractivity contribution is -0.137. The third-order valence-corrected chi connectivity index (χ3v) is 12.8. The minimum atomic E-state index is -1.36.